The Bertz CT molecular complexity index is 1180. The van der Waals surface area contributed by atoms with Gasteiger partial charge in [-0.1, -0.05) is 70.8 Å². The van der Waals surface area contributed by atoms with Crippen LogP contribution in [0.5, 0.6) is 0 Å². The van der Waals surface area contributed by atoms with Crippen molar-refractivity contribution >= 4 is 34.7 Å². The van der Waals surface area contributed by atoms with E-state index < -0.39 is 0 Å². The smallest absolute Gasteiger partial charge is 0.200 e. The summed E-state index contributed by atoms with van der Waals surface area (Å²) in [4.78, 5) is 9.68. The maximum Gasteiger partial charge on any atom is 0.200 e. The van der Waals surface area contributed by atoms with Gasteiger partial charge in [0.05, 0.1) is 0 Å². The molecule has 0 bridgehead atoms. The Labute approximate surface area is 238 Å². The zero-order chi connectivity index (χ0) is 28.2. The fourth-order valence-electron chi connectivity index (χ4n) is 3.92. The maximum absolute atomic E-state index is 4.84. The Hall–Kier alpha value is -4.58. The van der Waals surface area contributed by atoms with Crippen molar-refractivity contribution in [2.75, 3.05) is 34.4 Å². The molecule has 0 atom stereocenters. The lowest BCUT2D eigenvalue weighted by molar-refractivity contribution is 0.756. The Morgan fingerprint density at radius 2 is 0.625 bits per heavy atom. The van der Waals surface area contributed by atoms with Gasteiger partial charge in [0.2, 0.25) is 0 Å². The molecule has 6 nitrogen and oxygen atoms in total. The Balaban J connectivity index is 1.37. The number of anilines is 4. The molecule has 0 unspecified atom stereocenters. The molecule has 6 heteroatoms. The lowest BCUT2D eigenvalue weighted by Crippen LogP contribution is -2.23. The van der Waals surface area contributed by atoms with Crippen LogP contribution in [0, 0.1) is 27.7 Å². The molecule has 0 saturated heterocycles. The van der Waals surface area contributed by atoms with Crippen LogP contribution < -0.4 is 21.3 Å². The summed E-state index contributed by atoms with van der Waals surface area (Å²) >= 11 is 0. The highest BCUT2D eigenvalue weighted by Crippen LogP contribution is 2.14. The summed E-state index contributed by atoms with van der Waals surface area (Å²) in [5, 5.41) is 13.7. The average molecular weight is 533 g/mol. The number of aliphatic imine (C=N–C) groups is 2. The topological polar surface area (TPSA) is 72.8 Å². The van der Waals surface area contributed by atoms with E-state index in [0.29, 0.717) is 13.1 Å². The number of rotatable bonds is 9. The van der Waals surface area contributed by atoms with Gasteiger partial charge >= 0.3 is 0 Å². The van der Waals surface area contributed by atoms with Gasteiger partial charge in [-0.3, -0.25) is 9.98 Å². The number of benzene rings is 4. The number of hydrogen-bond donors (Lipinski definition) is 4. The monoisotopic (exact) mass is 532 g/mol. The third-order valence-electron chi connectivity index (χ3n) is 6.36. The minimum absolute atomic E-state index is 0.689. The molecule has 4 aromatic rings. The van der Waals surface area contributed by atoms with Gasteiger partial charge in [-0.2, -0.15) is 0 Å². The zero-order valence-corrected chi connectivity index (χ0v) is 24.0. The Kier molecular flexibility index (Phi) is 10.3. The highest BCUT2D eigenvalue weighted by Gasteiger charge is 2.04. The molecular weight excluding hydrogens is 492 g/mol. The van der Waals surface area contributed by atoms with Crippen LogP contribution in [0.25, 0.3) is 0 Å². The van der Waals surface area contributed by atoms with E-state index >= 15 is 0 Å². The van der Waals surface area contributed by atoms with E-state index in [1.807, 2.05) is 0 Å². The fourth-order valence-corrected chi connectivity index (χ4v) is 3.92. The fraction of sp³-hybridized carbons (Fsp3) is 0.235. The molecule has 0 heterocycles. The van der Waals surface area contributed by atoms with Crippen LogP contribution in [0.15, 0.2) is 107 Å². The first-order valence-corrected chi connectivity index (χ1v) is 13.9. The predicted octanol–water partition coefficient (Wildman–Crippen LogP) is 8.16. The molecule has 0 fully saturated rings. The van der Waals surface area contributed by atoms with Crippen molar-refractivity contribution in [2.24, 2.45) is 9.98 Å². The molecule has 0 aliphatic carbocycles. The first-order valence-electron chi connectivity index (χ1n) is 13.9. The van der Waals surface area contributed by atoms with Crippen LogP contribution in [0.3, 0.4) is 0 Å². The number of hydrogen-bond acceptors (Lipinski definition) is 2. The minimum Gasteiger partial charge on any atom is -0.326 e. The van der Waals surface area contributed by atoms with E-state index in [2.05, 4.69) is 146 Å². The Morgan fingerprint density at radius 3 is 0.850 bits per heavy atom. The van der Waals surface area contributed by atoms with Crippen molar-refractivity contribution in [3.8, 4) is 0 Å². The standard InChI is InChI=1S/C34H40N6/c1-25-7-15-29(16-8-25)37-33(38-30-17-9-26(2)10-18-30)35-23-5-6-24-36-34(39-31-19-11-27(3)12-20-31)40-32-21-13-28(4)14-22-32/h7-22H,5-6,23-24H2,1-4H3,(H2,35,37,38)(H2,36,39,40). The number of nitrogens with one attached hydrogen (secondary N) is 4. The van der Waals surface area contributed by atoms with Gasteiger partial charge in [-0.05, 0) is 89.1 Å². The molecule has 4 rings (SSSR count). The lowest BCUT2D eigenvalue weighted by atomic mass is 10.2. The largest absolute Gasteiger partial charge is 0.326 e. The van der Waals surface area contributed by atoms with Gasteiger partial charge in [0.15, 0.2) is 11.9 Å². The molecular formula is C34H40N6. The van der Waals surface area contributed by atoms with E-state index in [0.717, 1.165) is 47.5 Å². The van der Waals surface area contributed by atoms with Crippen LogP contribution in [0.2, 0.25) is 0 Å². The summed E-state index contributed by atoms with van der Waals surface area (Å²) in [6.07, 6.45) is 1.83. The second-order valence-electron chi connectivity index (χ2n) is 10.1. The normalized spacial score (nSPS) is 10.4. The van der Waals surface area contributed by atoms with Crippen molar-refractivity contribution in [1.82, 2.24) is 0 Å². The highest BCUT2D eigenvalue weighted by atomic mass is 15.2. The molecule has 40 heavy (non-hydrogen) atoms. The van der Waals surface area contributed by atoms with Gasteiger partial charge in [0, 0.05) is 35.8 Å². The summed E-state index contributed by atoms with van der Waals surface area (Å²) < 4.78 is 0. The molecule has 0 radical (unpaired) electrons. The molecule has 4 N–H and O–H groups in total. The molecule has 0 aliphatic rings. The predicted molar refractivity (Wildman–Crippen MR) is 173 cm³/mol. The second kappa shape index (κ2) is 14.5. The molecule has 4 aromatic carbocycles. The molecule has 0 amide bonds. The Morgan fingerprint density at radius 1 is 0.400 bits per heavy atom. The SMILES string of the molecule is Cc1ccc(NC(=NCCCCN=C(Nc2ccc(C)cc2)Nc2ccc(C)cc2)Nc2ccc(C)cc2)cc1. The molecule has 0 aromatic heterocycles. The van der Waals surface area contributed by atoms with Crippen LogP contribution in [-0.2, 0) is 0 Å². The third kappa shape index (κ3) is 9.62. The maximum atomic E-state index is 4.84. The summed E-state index contributed by atoms with van der Waals surface area (Å²) in [5.74, 6) is 1.47. The molecule has 206 valence electrons. The first kappa shape index (κ1) is 28.4. The minimum atomic E-state index is 0.689. The number of nitrogens with zero attached hydrogens (tertiary/aromatic N) is 2. The summed E-state index contributed by atoms with van der Waals surface area (Å²) in [7, 11) is 0. The van der Waals surface area contributed by atoms with Crippen molar-refractivity contribution in [2.45, 2.75) is 40.5 Å². The third-order valence-corrected chi connectivity index (χ3v) is 6.36. The quantitative estimate of drug-likeness (QED) is 0.0997. The lowest BCUT2D eigenvalue weighted by Gasteiger charge is -2.14. The average Bonchev–Trinajstić information content (AvgIpc) is 2.95. The summed E-state index contributed by atoms with van der Waals surface area (Å²) in [6, 6.07) is 33.3. The van der Waals surface area contributed by atoms with E-state index in [1.54, 1.807) is 0 Å². The zero-order valence-electron chi connectivity index (χ0n) is 24.0. The van der Waals surface area contributed by atoms with Crippen LogP contribution in [0.1, 0.15) is 35.1 Å². The first-order chi connectivity index (χ1) is 19.4. The van der Waals surface area contributed by atoms with Crippen molar-refractivity contribution in [1.29, 1.82) is 0 Å². The highest BCUT2D eigenvalue weighted by molar-refractivity contribution is 6.04. The number of guanidine groups is 2. The van der Waals surface area contributed by atoms with Gasteiger partial charge in [0.25, 0.3) is 0 Å². The summed E-state index contributed by atoms with van der Waals surface area (Å²) in [5.41, 5.74) is 8.91. The van der Waals surface area contributed by atoms with Crippen LogP contribution in [0.4, 0.5) is 22.7 Å². The van der Waals surface area contributed by atoms with Crippen molar-refractivity contribution in [3.63, 3.8) is 0 Å². The van der Waals surface area contributed by atoms with Crippen molar-refractivity contribution < 1.29 is 0 Å². The number of aryl methyl sites for hydroxylation is 4. The van der Waals surface area contributed by atoms with Crippen molar-refractivity contribution in [3.05, 3.63) is 119 Å². The second-order valence-corrected chi connectivity index (χ2v) is 10.1. The van der Waals surface area contributed by atoms with E-state index in [1.165, 1.54) is 22.3 Å². The summed E-state index contributed by atoms with van der Waals surface area (Å²) in [6.45, 7) is 9.73. The van der Waals surface area contributed by atoms with Crippen LogP contribution in [-0.4, -0.2) is 25.0 Å². The van der Waals surface area contributed by atoms with Crippen LogP contribution >= 0.6 is 0 Å². The molecule has 0 aliphatic heterocycles. The molecule has 0 spiro atoms. The van der Waals surface area contributed by atoms with Gasteiger partial charge in [-0.15, -0.1) is 0 Å². The van der Waals surface area contributed by atoms with Gasteiger partial charge < -0.3 is 21.3 Å². The number of unbranched alkanes of at least 4 members (excludes halogenated alkanes) is 1. The molecule has 0 saturated carbocycles. The van der Waals surface area contributed by atoms with E-state index in [9.17, 15) is 0 Å². The van der Waals surface area contributed by atoms with E-state index in [-0.39, 0.29) is 0 Å². The van der Waals surface area contributed by atoms with Gasteiger partial charge in [0.1, 0.15) is 0 Å². The van der Waals surface area contributed by atoms with Gasteiger partial charge in [-0.25, -0.2) is 0 Å². The van der Waals surface area contributed by atoms with E-state index in [4.69, 9.17) is 9.98 Å².